The molecular weight excluding hydrogens is 447 g/mol. The van der Waals surface area contributed by atoms with Gasteiger partial charge >= 0.3 is 0 Å². The molecule has 0 bridgehead atoms. The molecule has 1 aliphatic rings. The fraction of sp³-hybridized carbons (Fsp3) is 0.381. The molecule has 1 aliphatic heterocycles. The van der Waals surface area contributed by atoms with Crippen molar-refractivity contribution < 1.29 is 17.9 Å². The van der Waals surface area contributed by atoms with Crippen molar-refractivity contribution in [2.75, 3.05) is 20.2 Å². The van der Waals surface area contributed by atoms with Crippen LogP contribution in [0.2, 0.25) is 10.0 Å². The fourth-order valence-electron chi connectivity index (χ4n) is 3.39. The molecule has 30 heavy (non-hydrogen) atoms. The highest BCUT2D eigenvalue weighted by atomic mass is 35.5. The Labute approximate surface area is 187 Å². The highest BCUT2D eigenvalue weighted by Crippen LogP contribution is 2.26. The van der Waals surface area contributed by atoms with Crippen LogP contribution in [0.25, 0.3) is 0 Å². The molecule has 162 valence electrons. The van der Waals surface area contributed by atoms with Gasteiger partial charge in [-0.1, -0.05) is 42.1 Å². The first-order chi connectivity index (χ1) is 14.3. The molecule has 1 amide bonds. The van der Waals surface area contributed by atoms with Gasteiger partial charge in [0.2, 0.25) is 10.0 Å². The topological polar surface area (TPSA) is 75.7 Å². The van der Waals surface area contributed by atoms with E-state index in [9.17, 15) is 13.2 Å². The van der Waals surface area contributed by atoms with Crippen molar-refractivity contribution in [3.8, 4) is 5.75 Å². The van der Waals surface area contributed by atoms with E-state index in [1.165, 1.54) is 25.3 Å². The van der Waals surface area contributed by atoms with Gasteiger partial charge in [-0.3, -0.25) is 4.79 Å². The van der Waals surface area contributed by atoms with Crippen LogP contribution in [0.1, 0.15) is 41.6 Å². The molecule has 1 fully saturated rings. The number of carbonyl (C=O) groups excluding carboxylic acids is 1. The minimum atomic E-state index is -3.87. The smallest absolute Gasteiger partial charge is 0.257 e. The molecule has 0 spiro atoms. The van der Waals surface area contributed by atoms with Crippen LogP contribution in [0, 0.1) is 0 Å². The zero-order valence-electron chi connectivity index (χ0n) is 16.7. The second-order valence-corrected chi connectivity index (χ2v) is 9.74. The molecule has 3 rings (SSSR count). The van der Waals surface area contributed by atoms with Gasteiger partial charge in [0.05, 0.1) is 17.6 Å². The lowest BCUT2D eigenvalue weighted by Gasteiger charge is -2.22. The van der Waals surface area contributed by atoms with E-state index < -0.39 is 10.0 Å². The predicted octanol–water partition coefficient (Wildman–Crippen LogP) is 4.50. The number of amides is 1. The summed E-state index contributed by atoms with van der Waals surface area (Å²) in [5.74, 6) is 0.135. The van der Waals surface area contributed by atoms with Gasteiger partial charge in [-0.15, -0.1) is 0 Å². The maximum Gasteiger partial charge on any atom is 0.257 e. The summed E-state index contributed by atoms with van der Waals surface area (Å²) < 4.78 is 33.5. The Bertz CT molecular complexity index is 1020. The first kappa shape index (κ1) is 22.9. The van der Waals surface area contributed by atoms with Crippen molar-refractivity contribution in [1.82, 2.24) is 9.62 Å². The summed E-state index contributed by atoms with van der Waals surface area (Å²) in [5.41, 5.74) is 0.839. The molecule has 1 N–H and O–H groups in total. The van der Waals surface area contributed by atoms with Gasteiger partial charge in [-0.05, 0) is 48.7 Å². The molecule has 2 aromatic carbocycles. The Morgan fingerprint density at radius 3 is 2.40 bits per heavy atom. The van der Waals surface area contributed by atoms with Crippen LogP contribution >= 0.6 is 23.2 Å². The van der Waals surface area contributed by atoms with E-state index in [4.69, 9.17) is 27.9 Å². The van der Waals surface area contributed by atoms with Gasteiger partial charge < -0.3 is 9.64 Å². The first-order valence-electron chi connectivity index (χ1n) is 9.73. The van der Waals surface area contributed by atoms with Crippen molar-refractivity contribution in [2.24, 2.45) is 0 Å². The summed E-state index contributed by atoms with van der Waals surface area (Å²) in [4.78, 5) is 14.8. The van der Waals surface area contributed by atoms with Crippen molar-refractivity contribution in [1.29, 1.82) is 0 Å². The molecule has 0 atom stereocenters. The summed E-state index contributed by atoms with van der Waals surface area (Å²) in [6.45, 7) is 1.32. The summed E-state index contributed by atoms with van der Waals surface area (Å²) in [6, 6.07) is 9.16. The van der Waals surface area contributed by atoms with Gasteiger partial charge in [0.25, 0.3) is 5.91 Å². The maximum atomic E-state index is 13.1. The lowest BCUT2D eigenvalue weighted by atomic mass is 10.1. The van der Waals surface area contributed by atoms with Gasteiger partial charge in [0, 0.05) is 29.7 Å². The number of rotatable bonds is 6. The van der Waals surface area contributed by atoms with Crippen LogP contribution in [0.3, 0.4) is 0 Å². The van der Waals surface area contributed by atoms with Crippen LogP contribution in [0.15, 0.2) is 41.3 Å². The molecule has 2 aromatic rings. The van der Waals surface area contributed by atoms with Crippen molar-refractivity contribution in [2.45, 2.75) is 37.1 Å². The van der Waals surface area contributed by atoms with E-state index in [1.807, 2.05) is 0 Å². The van der Waals surface area contributed by atoms with Crippen molar-refractivity contribution in [3.05, 3.63) is 57.6 Å². The number of carbonyl (C=O) groups is 1. The summed E-state index contributed by atoms with van der Waals surface area (Å²) in [5, 5.41) is 0.843. The van der Waals surface area contributed by atoms with Crippen LogP contribution < -0.4 is 9.46 Å². The number of nitrogens with one attached hydrogen (secondary N) is 1. The number of hydrogen-bond donors (Lipinski definition) is 1. The Morgan fingerprint density at radius 1 is 1.07 bits per heavy atom. The van der Waals surface area contributed by atoms with E-state index in [-0.39, 0.29) is 22.9 Å². The molecule has 0 saturated carbocycles. The number of likely N-dealkylation sites (tertiary alicyclic amines) is 1. The molecule has 1 saturated heterocycles. The Kier molecular flexibility index (Phi) is 7.63. The highest BCUT2D eigenvalue weighted by molar-refractivity contribution is 7.89. The first-order valence-corrected chi connectivity index (χ1v) is 12.0. The van der Waals surface area contributed by atoms with E-state index in [0.717, 1.165) is 25.7 Å². The average molecular weight is 471 g/mol. The largest absolute Gasteiger partial charge is 0.496 e. The maximum absolute atomic E-state index is 13.1. The van der Waals surface area contributed by atoms with Crippen molar-refractivity contribution in [3.63, 3.8) is 0 Å². The van der Waals surface area contributed by atoms with E-state index in [0.29, 0.717) is 34.4 Å². The zero-order valence-corrected chi connectivity index (χ0v) is 19.0. The molecule has 0 aliphatic carbocycles. The van der Waals surface area contributed by atoms with Gasteiger partial charge in [-0.2, -0.15) is 0 Å². The summed E-state index contributed by atoms with van der Waals surface area (Å²) in [6.07, 6.45) is 4.06. The van der Waals surface area contributed by atoms with Crippen LogP contribution in [0.4, 0.5) is 0 Å². The van der Waals surface area contributed by atoms with E-state index in [1.54, 1.807) is 23.1 Å². The molecule has 0 radical (unpaired) electrons. The molecule has 9 heteroatoms. The Hall–Kier alpha value is -1.80. The number of ether oxygens (including phenoxy) is 1. The van der Waals surface area contributed by atoms with E-state index in [2.05, 4.69) is 4.72 Å². The lowest BCUT2D eigenvalue weighted by Crippen LogP contribution is -2.32. The molecular formula is C21H24Cl2N2O4S. The number of methoxy groups -OCH3 is 1. The van der Waals surface area contributed by atoms with E-state index >= 15 is 0 Å². The molecule has 0 unspecified atom stereocenters. The third-order valence-corrected chi connectivity index (χ3v) is 7.06. The number of halogens is 2. The molecule has 6 nitrogen and oxygen atoms in total. The zero-order chi connectivity index (χ0) is 21.7. The summed E-state index contributed by atoms with van der Waals surface area (Å²) in [7, 11) is -2.41. The minimum absolute atomic E-state index is 0.000229. The number of nitrogens with zero attached hydrogens (tertiary/aromatic N) is 1. The van der Waals surface area contributed by atoms with Gasteiger partial charge in [0.1, 0.15) is 5.75 Å². The predicted molar refractivity (Wildman–Crippen MR) is 118 cm³/mol. The van der Waals surface area contributed by atoms with Crippen LogP contribution in [-0.2, 0) is 16.6 Å². The SMILES string of the molecule is COc1ccc(S(=O)(=O)NCc2ccc(Cl)cc2Cl)cc1C(=O)N1CCCCCC1. The minimum Gasteiger partial charge on any atom is -0.496 e. The molecule has 1 heterocycles. The van der Waals surface area contributed by atoms with Crippen molar-refractivity contribution >= 4 is 39.1 Å². The van der Waals surface area contributed by atoms with Gasteiger partial charge in [-0.25, -0.2) is 13.1 Å². The Balaban J connectivity index is 1.84. The number of benzene rings is 2. The third-order valence-electron chi connectivity index (χ3n) is 5.07. The normalized spacial score (nSPS) is 15.0. The summed E-state index contributed by atoms with van der Waals surface area (Å²) >= 11 is 12.0. The highest BCUT2D eigenvalue weighted by Gasteiger charge is 2.24. The third kappa shape index (κ3) is 5.46. The Morgan fingerprint density at radius 2 is 1.77 bits per heavy atom. The monoisotopic (exact) mass is 470 g/mol. The number of hydrogen-bond acceptors (Lipinski definition) is 4. The number of sulfonamides is 1. The molecule has 0 aromatic heterocycles. The second-order valence-electron chi connectivity index (χ2n) is 7.13. The fourth-order valence-corrected chi connectivity index (χ4v) is 4.89. The standard InChI is InChI=1S/C21H24Cl2N2O4S/c1-29-20-9-8-17(13-18(20)21(26)25-10-4-2-3-5-11-25)30(27,28)24-14-15-6-7-16(22)12-19(15)23/h6-9,12-13,24H,2-5,10-11,14H2,1H3. The van der Waals surface area contributed by atoms with Crippen LogP contribution in [-0.4, -0.2) is 39.4 Å². The average Bonchev–Trinajstić information content (AvgIpc) is 3.01. The van der Waals surface area contributed by atoms with Crippen LogP contribution in [0.5, 0.6) is 5.75 Å². The lowest BCUT2D eigenvalue weighted by molar-refractivity contribution is 0.0758. The quantitative estimate of drug-likeness (QED) is 0.674. The second kappa shape index (κ2) is 10.0. The van der Waals surface area contributed by atoms with Gasteiger partial charge in [0.15, 0.2) is 0 Å².